The summed E-state index contributed by atoms with van der Waals surface area (Å²) in [6, 6.07) is 12.6. The van der Waals surface area contributed by atoms with E-state index in [1.165, 1.54) is 12.1 Å². The van der Waals surface area contributed by atoms with Crippen LogP contribution in [-0.4, -0.2) is 29.9 Å². The number of carboxylic acid groups (broad SMARTS) is 1. The van der Waals surface area contributed by atoms with Crippen molar-refractivity contribution in [1.82, 2.24) is 0 Å². The maximum Gasteiger partial charge on any atom is 0.335 e. The Kier molecular flexibility index (Phi) is 5.54. The molecule has 0 saturated heterocycles. The molecular formula is C19H19NO5. The lowest BCUT2D eigenvalue weighted by molar-refractivity contribution is -0.125. The zero-order valence-electron chi connectivity index (χ0n) is 14.0. The number of ether oxygens (including phenoxy) is 1. The van der Waals surface area contributed by atoms with Crippen molar-refractivity contribution in [2.45, 2.75) is 13.8 Å². The Labute approximate surface area is 145 Å². The second-order valence-electron chi connectivity index (χ2n) is 6.20. The van der Waals surface area contributed by atoms with Gasteiger partial charge in [0, 0.05) is 11.3 Å². The van der Waals surface area contributed by atoms with Crippen molar-refractivity contribution in [3.63, 3.8) is 0 Å². The van der Waals surface area contributed by atoms with Crippen molar-refractivity contribution >= 4 is 23.9 Å². The number of hydrogen-bond donors (Lipinski definition) is 2. The van der Waals surface area contributed by atoms with Gasteiger partial charge in [-0.3, -0.25) is 9.59 Å². The first-order valence-corrected chi connectivity index (χ1v) is 7.65. The van der Waals surface area contributed by atoms with E-state index in [1.807, 2.05) is 0 Å². The first-order chi connectivity index (χ1) is 11.8. The minimum atomic E-state index is -1.06. The van der Waals surface area contributed by atoms with Crippen molar-refractivity contribution in [1.29, 1.82) is 0 Å². The lowest BCUT2D eigenvalue weighted by atomic mass is 9.93. The number of aromatic carboxylic acids is 1. The number of amides is 1. The molecular weight excluding hydrogens is 322 g/mol. The van der Waals surface area contributed by atoms with E-state index in [1.54, 1.807) is 50.2 Å². The summed E-state index contributed by atoms with van der Waals surface area (Å²) in [5.74, 6) is -0.795. The Bertz CT molecular complexity index is 781. The van der Waals surface area contributed by atoms with Gasteiger partial charge in [-0.15, -0.1) is 0 Å². The average Bonchev–Trinajstić information content (AvgIpc) is 2.60. The summed E-state index contributed by atoms with van der Waals surface area (Å²) < 4.78 is 5.62. The molecule has 0 aliphatic rings. The number of carboxylic acids is 1. The Balaban J connectivity index is 2.00. The van der Waals surface area contributed by atoms with Crippen molar-refractivity contribution in [3.8, 4) is 5.75 Å². The fraction of sp³-hybridized carbons (Fsp3) is 0.211. The highest BCUT2D eigenvalue weighted by atomic mass is 16.5. The van der Waals surface area contributed by atoms with Gasteiger partial charge in [0.05, 0.1) is 11.0 Å². The van der Waals surface area contributed by atoms with Gasteiger partial charge >= 0.3 is 5.97 Å². The molecule has 0 radical (unpaired) electrons. The van der Waals surface area contributed by atoms with E-state index in [2.05, 4.69) is 5.32 Å². The molecule has 6 nitrogen and oxygen atoms in total. The van der Waals surface area contributed by atoms with Crippen LogP contribution in [0.15, 0.2) is 48.5 Å². The summed E-state index contributed by atoms with van der Waals surface area (Å²) in [4.78, 5) is 34.1. The van der Waals surface area contributed by atoms with Gasteiger partial charge in [0.1, 0.15) is 18.6 Å². The smallest absolute Gasteiger partial charge is 0.335 e. The molecule has 0 aromatic heterocycles. The Hall–Kier alpha value is -3.15. The number of rotatable bonds is 7. The highest BCUT2D eigenvalue weighted by molar-refractivity contribution is 5.96. The molecule has 2 aromatic carbocycles. The SMILES string of the molecule is CC(C)(COc1ccc(C=O)cc1)C(=O)Nc1cccc(C(=O)O)c1. The standard InChI is InChI=1S/C19H19NO5/c1-19(2,12-25-16-8-6-13(11-21)7-9-16)18(24)20-15-5-3-4-14(10-15)17(22)23/h3-11H,12H2,1-2H3,(H,20,24)(H,22,23). The van der Waals surface area contributed by atoms with E-state index in [4.69, 9.17) is 9.84 Å². The molecule has 0 aliphatic carbocycles. The minimum Gasteiger partial charge on any atom is -0.492 e. The maximum absolute atomic E-state index is 12.5. The average molecular weight is 341 g/mol. The van der Waals surface area contributed by atoms with Gasteiger partial charge in [-0.05, 0) is 56.3 Å². The second-order valence-corrected chi connectivity index (χ2v) is 6.20. The van der Waals surface area contributed by atoms with Crippen LogP contribution in [0, 0.1) is 5.41 Å². The van der Waals surface area contributed by atoms with E-state index in [0.717, 1.165) is 6.29 Å². The molecule has 0 bridgehead atoms. The predicted molar refractivity (Wildman–Crippen MR) is 93.1 cm³/mol. The molecule has 1 amide bonds. The Morgan fingerprint density at radius 3 is 2.44 bits per heavy atom. The van der Waals surface area contributed by atoms with Crippen LogP contribution in [0.3, 0.4) is 0 Å². The summed E-state index contributed by atoms with van der Waals surface area (Å²) in [5.41, 5.74) is 0.209. The van der Waals surface area contributed by atoms with Gasteiger partial charge in [-0.2, -0.15) is 0 Å². The molecule has 0 spiro atoms. The first-order valence-electron chi connectivity index (χ1n) is 7.65. The van der Waals surface area contributed by atoms with E-state index in [0.29, 0.717) is 17.0 Å². The fourth-order valence-corrected chi connectivity index (χ4v) is 2.00. The Morgan fingerprint density at radius 2 is 1.84 bits per heavy atom. The highest BCUT2D eigenvalue weighted by Gasteiger charge is 2.29. The number of carbonyl (C=O) groups is 3. The molecule has 0 fully saturated rings. The third-order valence-corrected chi connectivity index (χ3v) is 3.60. The van der Waals surface area contributed by atoms with Crippen LogP contribution in [-0.2, 0) is 4.79 Å². The van der Waals surface area contributed by atoms with Crippen molar-refractivity contribution < 1.29 is 24.2 Å². The molecule has 0 heterocycles. The molecule has 2 N–H and O–H groups in total. The number of hydrogen-bond acceptors (Lipinski definition) is 4. The summed E-state index contributed by atoms with van der Waals surface area (Å²) in [7, 11) is 0. The number of benzene rings is 2. The van der Waals surface area contributed by atoms with Crippen molar-refractivity contribution in [2.75, 3.05) is 11.9 Å². The lowest BCUT2D eigenvalue weighted by Crippen LogP contribution is -2.36. The van der Waals surface area contributed by atoms with Gasteiger partial charge in [0.2, 0.25) is 5.91 Å². The maximum atomic E-state index is 12.5. The summed E-state index contributed by atoms with van der Waals surface area (Å²) in [6.45, 7) is 3.57. The normalized spacial score (nSPS) is 10.8. The van der Waals surface area contributed by atoms with Crippen LogP contribution in [0.25, 0.3) is 0 Å². The number of nitrogens with one attached hydrogen (secondary N) is 1. The van der Waals surface area contributed by atoms with E-state index >= 15 is 0 Å². The van der Waals surface area contributed by atoms with E-state index < -0.39 is 11.4 Å². The summed E-state index contributed by atoms with van der Waals surface area (Å²) in [6.07, 6.45) is 0.742. The molecule has 0 atom stereocenters. The quantitative estimate of drug-likeness (QED) is 0.754. The first kappa shape index (κ1) is 18.2. The molecule has 6 heteroatoms. The van der Waals surface area contributed by atoms with Crippen LogP contribution in [0.5, 0.6) is 5.75 Å². The highest BCUT2D eigenvalue weighted by Crippen LogP contribution is 2.22. The molecule has 130 valence electrons. The van der Waals surface area contributed by atoms with E-state index in [-0.39, 0.29) is 18.1 Å². The fourth-order valence-electron chi connectivity index (χ4n) is 2.00. The van der Waals surface area contributed by atoms with E-state index in [9.17, 15) is 14.4 Å². The monoisotopic (exact) mass is 341 g/mol. The van der Waals surface area contributed by atoms with Gasteiger partial charge < -0.3 is 15.2 Å². The van der Waals surface area contributed by atoms with Crippen molar-refractivity contribution in [2.24, 2.45) is 5.41 Å². The van der Waals surface area contributed by atoms with Gasteiger partial charge in [-0.25, -0.2) is 4.79 Å². The van der Waals surface area contributed by atoms with Crippen LogP contribution in [0.1, 0.15) is 34.6 Å². The second kappa shape index (κ2) is 7.61. The molecule has 25 heavy (non-hydrogen) atoms. The van der Waals surface area contributed by atoms with Gasteiger partial charge in [-0.1, -0.05) is 6.07 Å². The molecule has 2 aromatic rings. The predicted octanol–water partition coefficient (Wildman–Crippen LogP) is 3.24. The van der Waals surface area contributed by atoms with Crippen LogP contribution >= 0.6 is 0 Å². The zero-order chi connectivity index (χ0) is 18.4. The lowest BCUT2D eigenvalue weighted by Gasteiger charge is -2.24. The minimum absolute atomic E-state index is 0.0992. The van der Waals surface area contributed by atoms with Crippen LogP contribution < -0.4 is 10.1 Å². The number of carbonyl (C=O) groups excluding carboxylic acids is 2. The molecule has 0 saturated carbocycles. The summed E-state index contributed by atoms with van der Waals surface area (Å²) >= 11 is 0. The topological polar surface area (TPSA) is 92.7 Å². The molecule has 2 rings (SSSR count). The van der Waals surface area contributed by atoms with Crippen LogP contribution in [0.2, 0.25) is 0 Å². The van der Waals surface area contributed by atoms with Gasteiger partial charge in [0.15, 0.2) is 0 Å². The number of aldehydes is 1. The molecule has 0 unspecified atom stereocenters. The Morgan fingerprint density at radius 1 is 1.16 bits per heavy atom. The summed E-state index contributed by atoms with van der Waals surface area (Å²) in [5, 5.41) is 11.7. The van der Waals surface area contributed by atoms with Gasteiger partial charge in [0.25, 0.3) is 0 Å². The van der Waals surface area contributed by atoms with Crippen molar-refractivity contribution in [3.05, 3.63) is 59.7 Å². The van der Waals surface area contributed by atoms with Crippen LogP contribution in [0.4, 0.5) is 5.69 Å². The largest absolute Gasteiger partial charge is 0.492 e. The number of anilines is 1. The zero-order valence-corrected chi connectivity index (χ0v) is 14.0. The molecule has 0 aliphatic heterocycles. The third kappa shape index (κ3) is 4.91. The third-order valence-electron chi connectivity index (χ3n) is 3.60.